The molecule has 0 fully saturated rings. The van der Waals surface area contributed by atoms with E-state index in [0.29, 0.717) is 21.8 Å². The van der Waals surface area contributed by atoms with Crippen molar-refractivity contribution in [3.05, 3.63) is 58.1 Å². The second kappa shape index (κ2) is 8.62. The van der Waals surface area contributed by atoms with Crippen LogP contribution < -0.4 is 9.62 Å². The third-order valence-corrected chi connectivity index (χ3v) is 5.69. The van der Waals surface area contributed by atoms with Crippen molar-refractivity contribution in [3.8, 4) is 0 Å². The van der Waals surface area contributed by atoms with Crippen molar-refractivity contribution < 1.29 is 22.7 Å². The zero-order valence-corrected chi connectivity index (χ0v) is 17.5. The fraction of sp³-hybridized carbons (Fsp3) is 0.263. The summed E-state index contributed by atoms with van der Waals surface area (Å²) >= 11 is 6.09. The van der Waals surface area contributed by atoms with Gasteiger partial charge in [0.15, 0.2) is 0 Å². The molecule has 0 spiro atoms. The molecule has 1 N–H and O–H groups in total. The number of ether oxygens (including phenoxy) is 1. The van der Waals surface area contributed by atoms with Crippen molar-refractivity contribution in [1.29, 1.82) is 0 Å². The predicted octanol–water partition coefficient (Wildman–Crippen LogP) is 3.15. The molecule has 9 heteroatoms. The summed E-state index contributed by atoms with van der Waals surface area (Å²) in [5.74, 6) is -1.09. The Hall–Kier alpha value is -2.58. The van der Waals surface area contributed by atoms with E-state index in [-0.39, 0.29) is 5.69 Å². The van der Waals surface area contributed by atoms with Crippen molar-refractivity contribution in [1.82, 2.24) is 0 Å². The van der Waals surface area contributed by atoms with Crippen LogP contribution in [0, 0.1) is 13.8 Å². The molecular weight excluding hydrogens is 404 g/mol. The number of nitrogens with zero attached hydrogens (tertiary/aromatic N) is 1. The number of nitrogens with one attached hydrogen (secondary N) is 1. The zero-order valence-electron chi connectivity index (χ0n) is 15.9. The summed E-state index contributed by atoms with van der Waals surface area (Å²) in [6.07, 6.45) is 1.01. The molecule has 0 saturated carbocycles. The second-order valence-corrected chi connectivity index (χ2v) is 8.54. The number of hydrogen-bond acceptors (Lipinski definition) is 5. The van der Waals surface area contributed by atoms with E-state index in [1.165, 1.54) is 13.2 Å². The zero-order chi connectivity index (χ0) is 21.1. The molecular formula is C19H21ClN2O5S. The van der Waals surface area contributed by atoms with Crippen LogP contribution in [0.4, 0.5) is 11.4 Å². The molecule has 0 aliphatic heterocycles. The van der Waals surface area contributed by atoms with Crippen molar-refractivity contribution in [3.63, 3.8) is 0 Å². The number of hydrogen-bond donors (Lipinski definition) is 1. The molecule has 28 heavy (non-hydrogen) atoms. The molecule has 0 atom stereocenters. The maximum atomic E-state index is 12.5. The van der Waals surface area contributed by atoms with Gasteiger partial charge in [-0.05, 0) is 49.2 Å². The van der Waals surface area contributed by atoms with Gasteiger partial charge in [-0.3, -0.25) is 9.10 Å². The number of carbonyl (C=O) groups is 2. The number of amides is 1. The molecule has 0 bridgehead atoms. The molecule has 1 amide bonds. The number of aryl methyl sites for hydroxylation is 1. The lowest BCUT2D eigenvalue weighted by molar-refractivity contribution is -0.114. The highest BCUT2D eigenvalue weighted by Gasteiger charge is 2.22. The van der Waals surface area contributed by atoms with Crippen LogP contribution in [0.2, 0.25) is 5.02 Å². The number of halogens is 1. The number of sulfonamides is 1. The standard InChI is InChI=1S/C19H21ClN2O5S/c1-12-8-9-14(10-16(12)20)22(28(4,25)26)11-18(23)21-17-7-5-6-15(13(17)2)19(24)27-3/h5-10H,11H2,1-4H3,(H,21,23). The van der Waals surface area contributed by atoms with Crippen LogP contribution in [-0.2, 0) is 19.6 Å². The van der Waals surface area contributed by atoms with E-state index < -0.39 is 28.4 Å². The number of carbonyl (C=O) groups excluding carboxylic acids is 2. The molecule has 0 aliphatic carbocycles. The van der Waals surface area contributed by atoms with Gasteiger partial charge in [-0.1, -0.05) is 23.7 Å². The Kier molecular flexibility index (Phi) is 6.69. The third kappa shape index (κ3) is 5.02. The molecule has 0 unspecified atom stereocenters. The van der Waals surface area contributed by atoms with E-state index >= 15 is 0 Å². The quantitative estimate of drug-likeness (QED) is 0.719. The van der Waals surface area contributed by atoms with Crippen molar-refractivity contribution >= 4 is 44.9 Å². The summed E-state index contributed by atoms with van der Waals surface area (Å²) < 4.78 is 30.1. The Balaban J connectivity index is 2.28. The Bertz CT molecular complexity index is 1020. The van der Waals surface area contributed by atoms with Gasteiger partial charge in [-0.2, -0.15) is 0 Å². The average Bonchev–Trinajstić information content (AvgIpc) is 2.62. The number of rotatable bonds is 6. The van der Waals surface area contributed by atoms with Gasteiger partial charge in [0, 0.05) is 10.7 Å². The van der Waals surface area contributed by atoms with Crippen molar-refractivity contribution in [2.75, 3.05) is 29.5 Å². The van der Waals surface area contributed by atoms with Crippen molar-refractivity contribution in [2.45, 2.75) is 13.8 Å². The van der Waals surface area contributed by atoms with E-state index in [1.54, 1.807) is 44.2 Å². The number of benzene rings is 2. The Morgan fingerprint density at radius 3 is 2.43 bits per heavy atom. The highest BCUT2D eigenvalue weighted by atomic mass is 35.5. The van der Waals surface area contributed by atoms with Crippen LogP contribution in [0.1, 0.15) is 21.5 Å². The smallest absolute Gasteiger partial charge is 0.338 e. The molecule has 7 nitrogen and oxygen atoms in total. The first-order valence-corrected chi connectivity index (χ1v) is 10.5. The normalized spacial score (nSPS) is 11.0. The Labute approximate surface area is 169 Å². The van der Waals surface area contributed by atoms with Crippen LogP contribution in [0.25, 0.3) is 0 Å². The van der Waals surface area contributed by atoms with Crippen molar-refractivity contribution in [2.24, 2.45) is 0 Å². The first-order valence-electron chi connectivity index (χ1n) is 8.26. The van der Waals surface area contributed by atoms with E-state index in [0.717, 1.165) is 16.1 Å². The second-order valence-electron chi connectivity index (χ2n) is 6.22. The molecule has 150 valence electrons. The average molecular weight is 425 g/mol. The maximum absolute atomic E-state index is 12.5. The summed E-state index contributed by atoms with van der Waals surface area (Å²) in [4.78, 5) is 24.3. The molecule has 0 aromatic heterocycles. The fourth-order valence-electron chi connectivity index (χ4n) is 2.56. The van der Waals surface area contributed by atoms with Crippen LogP contribution in [0.3, 0.4) is 0 Å². The number of esters is 1. The predicted molar refractivity (Wildman–Crippen MR) is 110 cm³/mol. The first kappa shape index (κ1) is 21.7. The lowest BCUT2D eigenvalue weighted by Crippen LogP contribution is -2.37. The lowest BCUT2D eigenvalue weighted by Gasteiger charge is -2.22. The summed E-state index contributed by atoms with van der Waals surface area (Å²) in [5.41, 5.74) is 2.30. The summed E-state index contributed by atoms with van der Waals surface area (Å²) in [5, 5.41) is 3.04. The molecule has 0 aliphatic rings. The van der Waals surface area contributed by atoms with Crippen LogP contribution in [-0.4, -0.2) is 40.2 Å². The van der Waals surface area contributed by atoms with Gasteiger partial charge in [0.2, 0.25) is 15.9 Å². The van der Waals surface area contributed by atoms with Gasteiger partial charge < -0.3 is 10.1 Å². The topological polar surface area (TPSA) is 92.8 Å². The number of methoxy groups -OCH3 is 1. The van der Waals surface area contributed by atoms with Crippen LogP contribution >= 0.6 is 11.6 Å². The van der Waals surface area contributed by atoms with E-state index in [9.17, 15) is 18.0 Å². The van der Waals surface area contributed by atoms with E-state index in [1.807, 2.05) is 0 Å². The highest BCUT2D eigenvalue weighted by molar-refractivity contribution is 7.92. The SMILES string of the molecule is COC(=O)c1cccc(NC(=O)CN(c2ccc(C)c(Cl)c2)S(C)(=O)=O)c1C. The lowest BCUT2D eigenvalue weighted by atomic mass is 10.1. The van der Waals surface area contributed by atoms with Gasteiger partial charge in [0.25, 0.3) is 0 Å². The monoisotopic (exact) mass is 424 g/mol. The van der Waals surface area contributed by atoms with Gasteiger partial charge >= 0.3 is 5.97 Å². The highest BCUT2D eigenvalue weighted by Crippen LogP contribution is 2.25. The molecule has 0 heterocycles. The molecule has 0 radical (unpaired) electrons. The van der Waals surface area contributed by atoms with Gasteiger partial charge in [0.05, 0.1) is 24.6 Å². The van der Waals surface area contributed by atoms with Crippen LogP contribution in [0.5, 0.6) is 0 Å². The molecule has 2 rings (SSSR count). The molecule has 2 aromatic carbocycles. The Morgan fingerprint density at radius 1 is 1.18 bits per heavy atom. The van der Waals surface area contributed by atoms with E-state index in [4.69, 9.17) is 16.3 Å². The number of anilines is 2. The minimum absolute atomic E-state index is 0.285. The fourth-order valence-corrected chi connectivity index (χ4v) is 3.58. The van der Waals surface area contributed by atoms with Crippen LogP contribution in [0.15, 0.2) is 36.4 Å². The van der Waals surface area contributed by atoms with E-state index in [2.05, 4.69) is 5.32 Å². The minimum atomic E-state index is -3.73. The van der Waals surface area contributed by atoms with Gasteiger partial charge in [-0.15, -0.1) is 0 Å². The van der Waals surface area contributed by atoms with Gasteiger partial charge in [0.1, 0.15) is 6.54 Å². The molecule has 2 aromatic rings. The third-order valence-electron chi connectivity index (χ3n) is 4.14. The summed E-state index contributed by atoms with van der Waals surface area (Å²) in [7, 11) is -2.46. The first-order chi connectivity index (χ1) is 13.0. The summed E-state index contributed by atoms with van der Waals surface area (Å²) in [6.45, 7) is 3.01. The largest absolute Gasteiger partial charge is 0.465 e. The summed E-state index contributed by atoms with van der Waals surface area (Å²) in [6, 6.07) is 9.55. The maximum Gasteiger partial charge on any atom is 0.338 e. The van der Waals surface area contributed by atoms with Gasteiger partial charge in [-0.25, -0.2) is 13.2 Å². The Morgan fingerprint density at radius 2 is 1.86 bits per heavy atom. The molecule has 0 saturated heterocycles. The minimum Gasteiger partial charge on any atom is -0.465 e.